The van der Waals surface area contributed by atoms with Crippen LogP contribution in [-0.2, 0) is 4.79 Å². The Labute approximate surface area is 184 Å². The summed E-state index contributed by atoms with van der Waals surface area (Å²) < 4.78 is 24.9. The van der Waals surface area contributed by atoms with Gasteiger partial charge in [0.2, 0.25) is 0 Å². The van der Waals surface area contributed by atoms with Crippen molar-refractivity contribution in [3.8, 4) is 11.1 Å². The van der Waals surface area contributed by atoms with E-state index in [9.17, 15) is 28.6 Å². The van der Waals surface area contributed by atoms with Crippen LogP contribution in [0.4, 0.5) is 14.5 Å². The number of carbonyl (C=O) groups is 2. The van der Waals surface area contributed by atoms with Crippen molar-refractivity contribution in [2.24, 2.45) is 0 Å². The van der Waals surface area contributed by atoms with E-state index in [4.69, 9.17) is 0 Å². The lowest BCUT2D eigenvalue weighted by atomic mass is 10.0. The summed E-state index contributed by atoms with van der Waals surface area (Å²) in [6, 6.07) is 13.5. The van der Waals surface area contributed by atoms with E-state index >= 15 is 0 Å². The van der Waals surface area contributed by atoms with Crippen molar-refractivity contribution in [3.05, 3.63) is 54.1 Å². The minimum absolute atomic E-state index is 0.117. The topological polar surface area (TPSA) is 93.1 Å². The fraction of sp³-hybridized carbons (Fsp3) is 0.391. The maximum atomic E-state index is 12.8. The molecule has 2 amide bonds. The molecule has 1 saturated carbocycles. The van der Waals surface area contributed by atoms with Crippen molar-refractivity contribution in [1.29, 1.82) is 0 Å². The van der Waals surface area contributed by atoms with Crippen LogP contribution < -0.4 is 5.32 Å². The fourth-order valence-electron chi connectivity index (χ4n) is 3.86. The van der Waals surface area contributed by atoms with Gasteiger partial charge in [0.15, 0.2) is 0 Å². The molecule has 0 aromatic heterocycles. The molecule has 7 nitrogen and oxygen atoms in total. The smallest absolute Gasteiger partial charge is 0.315 e. The molecule has 0 spiro atoms. The lowest BCUT2D eigenvalue weighted by Gasteiger charge is -2.38. The fourth-order valence-corrected chi connectivity index (χ4v) is 3.86. The largest absolute Gasteiger partial charge is 0.386 e. The van der Waals surface area contributed by atoms with E-state index < -0.39 is 24.2 Å². The monoisotopic (exact) mass is 445 g/mol. The Hall–Kier alpha value is -2.88. The number of aliphatic hydroxyl groups is 2. The zero-order valence-corrected chi connectivity index (χ0v) is 17.4. The van der Waals surface area contributed by atoms with Gasteiger partial charge in [0, 0.05) is 37.4 Å². The molecule has 1 saturated heterocycles. The molecule has 170 valence electrons. The highest BCUT2D eigenvalue weighted by Crippen LogP contribution is 2.39. The third-order valence-corrected chi connectivity index (χ3v) is 5.98. The van der Waals surface area contributed by atoms with E-state index in [-0.39, 0.29) is 11.6 Å². The first kappa shape index (κ1) is 22.3. The highest BCUT2D eigenvalue weighted by molar-refractivity contribution is 5.95. The Morgan fingerprint density at radius 1 is 0.969 bits per heavy atom. The maximum absolute atomic E-state index is 12.8. The van der Waals surface area contributed by atoms with Gasteiger partial charge in [-0.2, -0.15) is 8.78 Å². The van der Waals surface area contributed by atoms with Gasteiger partial charge >= 0.3 is 6.43 Å². The molecule has 32 heavy (non-hydrogen) atoms. The molecule has 4 rings (SSSR count). The Kier molecular flexibility index (Phi) is 6.23. The number of hydrogen-bond acceptors (Lipinski definition) is 5. The van der Waals surface area contributed by atoms with Crippen molar-refractivity contribution in [1.82, 2.24) is 9.80 Å². The second-order valence-corrected chi connectivity index (χ2v) is 8.25. The molecule has 2 aromatic carbocycles. The van der Waals surface area contributed by atoms with Gasteiger partial charge < -0.3 is 20.4 Å². The first-order valence-electron chi connectivity index (χ1n) is 10.5. The molecule has 0 bridgehead atoms. The van der Waals surface area contributed by atoms with Gasteiger partial charge in [-0.25, -0.2) is 0 Å². The number of hydrogen-bond donors (Lipinski definition) is 3. The highest BCUT2D eigenvalue weighted by atomic mass is 19.3. The van der Waals surface area contributed by atoms with Crippen LogP contribution in [0.25, 0.3) is 11.1 Å². The molecule has 1 aliphatic carbocycles. The van der Waals surface area contributed by atoms with Gasteiger partial charge in [0.1, 0.15) is 11.8 Å². The summed E-state index contributed by atoms with van der Waals surface area (Å²) in [6.07, 6.45) is -2.78. The summed E-state index contributed by atoms with van der Waals surface area (Å²) in [4.78, 5) is 27.6. The molecule has 3 N–H and O–H groups in total. The minimum atomic E-state index is -3.09. The van der Waals surface area contributed by atoms with Gasteiger partial charge in [-0.15, -0.1) is 0 Å². The van der Waals surface area contributed by atoms with Gasteiger partial charge in [-0.3, -0.25) is 14.5 Å². The Balaban J connectivity index is 1.38. The van der Waals surface area contributed by atoms with Gasteiger partial charge in [0.25, 0.3) is 11.8 Å². The number of alkyl halides is 2. The number of nitrogens with one attached hydrogen (secondary N) is 1. The van der Waals surface area contributed by atoms with Gasteiger partial charge in [-0.05, 0) is 48.2 Å². The number of halogens is 2. The minimum Gasteiger partial charge on any atom is -0.386 e. The molecule has 2 fully saturated rings. The van der Waals surface area contributed by atoms with E-state index in [0.717, 1.165) is 11.1 Å². The van der Waals surface area contributed by atoms with E-state index in [1.807, 2.05) is 0 Å². The molecule has 1 unspecified atom stereocenters. The highest BCUT2D eigenvalue weighted by Gasteiger charge is 2.50. The number of amides is 2. The van der Waals surface area contributed by atoms with Crippen molar-refractivity contribution < 1.29 is 28.6 Å². The third-order valence-electron chi connectivity index (χ3n) is 5.98. The number of piperazine rings is 1. The summed E-state index contributed by atoms with van der Waals surface area (Å²) in [5.74, 6) is -1.48. The maximum Gasteiger partial charge on any atom is 0.315 e. The van der Waals surface area contributed by atoms with E-state index in [1.54, 1.807) is 52.3 Å². The average molecular weight is 445 g/mol. The van der Waals surface area contributed by atoms with Crippen molar-refractivity contribution >= 4 is 17.5 Å². The number of benzene rings is 2. The summed E-state index contributed by atoms with van der Waals surface area (Å²) in [7, 11) is 0. The van der Waals surface area contributed by atoms with Crippen molar-refractivity contribution in [2.75, 3.05) is 31.5 Å². The lowest BCUT2D eigenvalue weighted by molar-refractivity contribution is -0.126. The van der Waals surface area contributed by atoms with E-state index in [2.05, 4.69) is 5.32 Å². The van der Waals surface area contributed by atoms with E-state index in [1.165, 1.54) is 6.07 Å². The Bertz CT molecular complexity index is 987. The summed E-state index contributed by atoms with van der Waals surface area (Å²) in [6.45, 7) is 1.90. The normalized spacial score (nSPS) is 19.0. The van der Waals surface area contributed by atoms with Gasteiger partial charge in [-0.1, -0.05) is 24.3 Å². The standard InChI is InChI=1S/C23H25F2N3O4/c24-19(25)20(29)26-18-3-1-2-17(14-18)15-4-6-16(7-5-15)21(30)27-10-12-28(13-11-27)22(31)23(32)8-9-23/h1-7,14,19,22,31-32H,8-13H2,(H,26,29). The Morgan fingerprint density at radius 3 is 2.22 bits per heavy atom. The molecule has 1 atom stereocenters. The zero-order chi connectivity index (χ0) is 22.9. The van der Waals surface area contributed by atoms with Crippen molar-refractivity contribution in [2.45, 2.75) is 31.1 Å². The molecule has 9 heteroatoms. The number of aliphatic hydroxyl groups excluding tert-OH is 1. The molecule has 0 radical (unpaired) electrons. The predicted octanol–water partition coefficient (Wildman–Crippen LogP) is 2.16. The molecule has 1 heterocycles. The van der Waals surface area contributed by atoms with Gasteiger partial charge in [0.05, 0.1) is 0 Å². The van der Waals surface area contributed by atoms with Crippen LogP contribution in [0.5, 0.6) is 0 Å². The number of carbonyl (C=O) groups excluding carboxylic acids is 2. The zero-order valence-electron chi connectivity index (χ0n) is 17.4. The van der Waals surface area contributed by atoms with Crippen LogP contribution in [0, 0.1) is 0 Å². The molecule has 2 aliphatic rings. The average Bonchev–Trinajstić information content (AvgIpc) is 3.57. The first-order chi connectivity index (χ1) is 15.3. The van der Waals surface area contributed by atoms with Crippen LogP contribution in [-0.4, -0.2) is 76.3 Å². The van der Waals surface area contributed by atoms with Crippen LogP contribution in [0.3, 0.4) is 0 Å². The quantitative estimate of drug-likeness (QED) is 0.634. The van der Waals surface area contributed by atoms with Crippen LogP contribution >= 0.6 is 0 Å². The summed E-state index contributed by atoms with van der Waals surface area (Å²) in [5.41, 5.74) is 1.29. The molecule has 2 aromatic rings. The van der Waals surface area contributed by atoms with Crippen LogP contribution in [0.15, 0.2) is 48.5 Å². The SMILES string of the molecule is O=C(Nc1cccc(-c2ccc(C(=O)N3CCN(C(O)C4(O)CC4)CC3)cc2)c1)C(F)F. The van der Waals surface area contributed by atoms with Crippen LogP contribution in [0.1, 0.15) is 23.2 Å². The van der Waals surface area contributed by atoms with Crippen molar-refractivity contribution in [3.63, 3.8) is 0 Å². The number of rotatable bonds is 6. The number of anilines is 1. The Morgan fingerprint density at radius 2 is 1.62 bits per heavy atom. The second kappa shape index (κ2) is 8.93. The van der Waals surface area contributed by atoms with E-state index in [0.29, 0.717) is 44.6 Å². The predicted molar refractivity (Wildman–Crippen MR) is 114 cm³/mol. The van der Waals surface area contributed by atoms with Crippen LogP contribution in [0.2, 0.25) is 0 Å². The number of nitrogens with zero attached hydrogens (tertiary/aromatic N) is 2. The second-order valence-electron chi connectivity index (χ2n) is 8.25. The summed E-state index contributed by atoms with van der Waals surface area (Å²) >= 11 is 0. The summed E-state index contributed by atoms with van der Waals surface area (Å²) in [5, 5.41) is 22.5. The first-order valence-corrected chi connectivity index (χ1v) is 10.5. The molecule has 1 aliphatic heterocycles. The molecular weight excluding hydrogens is 420 g/mol. The molecular formula is C23H25F2N3O4. The third kappa shape index (κ3) is 4.79. The lowest BCUT2D eigenvalue weighted by Crippen LogP contribution is -2.55.